The summed E-state index contributed by atoms with van der Waals surface area (Å²) >= 11 is 0. The summed E-state index contributed by atoms with van der Waals surface area (Å²) < 4.78 is 4.88. The molecule has 10 heteroatoms. The lowest BCUT2D eigenvalue weighted by molar-refractivity contribution is -0.385. The summed E-state index contributed by atoms with van der Waals surface area (Å²) in [5, 5.41) is 25.5. The van der Waals surface area contributed by atoms with E-state index in [4.69, 9.17) is 4.74 Å². The fourth-order valence-electron chi connectivity index (χ4n) is 1.98. The van der Waals surface area contributed by atoms with Crippen LogP contribution in [0.2, 0.25) is 0 Å². The highest BCUT2D eigenvalue weighted by molar-refractivity contribution is 5.98. The molecule has 2 aromatic carbocycles. The van der Waals surface area contributed by atoms with E-state index < -0.39 is 15.8 Å². The van der Waals surface area contributed by atoms with Crippen LogP contribution in [0.4, 0.5) is 11.4 Å². The Morgan fingerprint density at radius 2 is 1.80 bits per heavy atom. The Labute approximate surface area is 141 Å². The number of methoxy groups -OCH3 is 1. The minimum absolute atomic E-state index is 0.0890. The minimum atomic E-state index is -0.772. The third-order valence-electron chi connectivity index (χ3n) is 3.12. The minimum Gasteiger partial charge on any atom is -0.490 e. The fourth-order valence-corrected chi connectivity index (χ4v) is 1.98. The Bertz CT molecular complexity index is 865. The van der Waals surface area contributed by atoms with Gasteiger partial charge in [0.25, 0.3) is 11.6 Å². The molecule has 0 saturated heterocycles. The van der Waals surface area contributed by atoms with Crippen LogP contribution in [0.1, 0.15) is 15.9 Å². The normalized spacial score (nSPS) is 10.4. The zero-order chi connectivity index (χ0) is 18.4. The van der Waals surface area contributed by atoms with Gasteiger partial charge < -0.3 is 4.74 Å². The van der Waals surface area contributed by atoms with Crippen LogP contribution in [-0.2, 0) is 0 Å². The van der Waals surface area contributed by atoms with Crippen LogP contribution in [0.15, 0.2) is 47.6 Å². The molecule has 0 bridgehead atoms. The lowest BCUT2D eigenvalue weighted by Crippen LogP contribution is -2.18. The molecule has 0 aliphatic carbocycles. The SMILES string of the molecule is COc1ccc(/C=N\NC(=O)c2ccccc2[N+](=O)[O-])cc1[N+](=O)[O-]. The van der Waals surface area contributed by atoms with Gasteiger partial charge in [0.15, 0.2) is 5.75 Å². The number of ether oxygens (including phenoxy) is 1. The number of nitro benzene ring substituents is 2. The average Bonchev–Trinajstić information content (AvgIpc) is 2.61. The van der Waals surface area contributed by atoms with Crippen molar-refractivity contribution in [3.8, 4) is 5.75 Å². The van der Waals surface area contributed by atoms with Gasteiger partial charge in [-0.2, -0.15) is 5.10 Å². The van der Waals surface area contributed by atoms with E-state index in [9.17, 15) is 25.0 Å². The number of hydrogen-bond acceptors (Lipinski definition) is 7. The third-order valence-corrected chi connectivity index (χ3v) is 3.12. The van der Waals surface area contributed by atoms with Gasteiger partial charge in [-0.1, -0.05) is 12.1 Å². The van der Waals surface area contributed by atoms with Crippen molar-refractivity contribution in [3.63, 3.8) is 0 Å². The molecule has 0 fully saturated rings. The number of nitrogens with zero attached hydrogens (tertiary/aromatic N) is 3. The zero-order valence-corrected chi connectivity index (χ0v) is 12.9. The molecule has 0 aromatic heterocycles. The van der Waals surface area contributed by atoms with Gasteiger partial charge in [-0.05, 0) is 18.2 Å². The van der Waals surface area contributed by atoms with Crippen molar-refractivity contribution in [1.82, 2.24) is 5.43 Å². The topological polar surface area (TPSA) is 137 Å². The molecule has 1 amide bonds. The van der Waals surface area contributed by atoms with E-state index in [1.807, 2.05) is 0 Å². The number of nitrogens with one attached hydrogen (secondary N) is 1. The Kier molecular flexibility index (Phi) is 5.36. The highest BCUT2D eigenvalue weighted by atomic mass is 16.6. The second-order valence-corrected chi connectivity index (χ2v) is 4.66. The fraction of sp³-hybridized carbons (Fsp3) is 0.0667. The second-order valence-electron chi connectivity index (χ2n) is 4.66. The summed E-state index contributed by atoms with van der Waals surface area (Å²) in [7, 11) is 1.31. The lowest BCUT2D eigenvalue weighted by Gasteiger charge is -2.02. The molecule has 25 heavy (non-hydrogen) atoms. The van der Waals surface area contributed by atoms with E-state index in [1.54, 1.807) is 0 Å². The molecule has 0 heterocycles. The molecule has 2 aromatic rings. The molecule has 0 saturated carbocycles. The van der Waals surface area contributed by atoms with Crippen LogP contribution in [0.3, 0.4) is 0 Å². The molecule has 0 radical (unpaired) electrons. The van der Waals surface area contributed by atoms with E-state index in [2.05, 4.69) is 10.5 Å². The van der Waals surface area contributed by atoms with Gasteiger partial charge >= 0.3 is 5.69 Å². The van der Waals surface area contributed by atoms with E-state index >= 15 is 0 Å². The maximum Gasteiger partial charge on any atom is 0.311 e. The lowest BCUT2D eigenvalue weighted by atomic mass is 10.2. The van der Waals surface area contributed by atoms with Crippen molar-refractivity contribution in [2.24, 2.45) is 5.10 Å². The summed E-state index contributed by atoms with van der Waals surface area (Å²) in [6.07, 6.45) is 1.18. The maximum absolute atomic E-state index is 12.0. The largest absolute Gasteiger partial charge is 0.490 e. The zero-order valence-electron chi connectivity index (χ0n) is 12.9. The van der Waals surface area contributed by atoms with Crippen molar-refractivity contribution in [3.05, 3.63) is 73.8 Å². The molecular weight excluding hydrogens is 332 g/mol. The van der Waals surface area contributed by atoms with Gasteiger partial charge in [-0.25, -0.2) is 5.43 Å². The van der Waals surface area contributed by atoms with Crippen molar-refractivity contribution in [2.45, 2.75) is 0 Å². The first kappa shape index (κ1) is 17.5. The summed E-state index contributed by atoms with van der Waals surface area (Å²) in [5.74, 6) is -0.683. The van der Waals surface area contributed by atoms with Crippen LogP contribution >= 0.6 is 0 Å². The number of carbonyl (C=O) groups excluding carboxylic acids is 1. The van der Waals surface area contributed by atoms with E-state index in [0.717, 1.165) is 0 Å². The predicted molar refractivity (Wildman–Crippen MR) is 87.8 cm³/mol. The maximum atomic E-state index is 12.0. The first-order valence-corrected chi connectivity index (χ1v) is 6.83. The molecular formula is C15H12N4O6. The smallest absolute Gasteiger partial charge is 0.311 e. The summed E-state index contributed by atoms with van der Waals surface area (Å²) in [4.78, 5) is 32.5. The molecule has 1 N–H and O–H groups in total. The quantitative estimate of drug-likeness (QED) is 0.485. The monoisotopic (exact) mass is 344 g/mol. The summed E-state index contributed by atoms with van der Waals surface area (Å²) in [5.41, 5.74) is 1.74. The molecule has 0 aliphatic rings. The van der Waals surface area contributed by atoms with Gasteiger partial charge in [0, 0.05) is 17.7 Å². The van der Waals surface area contributed by atoms with Crippen molar-refractivity contribution < 1.29 is 19.4 Å². The first-order chi connectivity index (χ1) is 11.9. The van der Waals surface area contributed by atoms with E-state index in [-0.39, 0.29) is 22.7 Å². The Hall–Kier alpha value is -3.82. The highest BCUT2D eigenvalue weighted by Gasteiger charge is 2.18. The van der Waals surface area contributed by atoms with Crippen molar-refractivity contribution >= 4 is 23.5 Å². The number of hydrogen-bond donors (Lipinski definition) is 1. The van der Waals surface area contributed by atoms with Gasteiger partial charge in [-0.3, -0.25) is 25.0 Å². The molecule has 0 atom stereocenters. The highest BCUT2D eigenvalue weighted by Crippen LogP contribution is 2.26. The van der Waals surface area contributed by atoms with Crippen LogP contribution in [0, 0.1) is 20.2 Å². The van der Waals surface area contributed by atoms with Gasteiger partial charge in [0.1, 0.15) is 5.56 Å². The van der Waals surface area contributed by atoms with Crippen LogP contribution in [0.25, 0.3) is 0 Å². The van der Waals surface area contributed by atoms with Crippen LogP contribution < -0.4 is 10.2 Å². The Morgan fingerprint density at radius 3 is 2.44 bits per heavy atom. The van der Waals surface area contributed by atoms with Crippen LogP contribution in [0.5, 0.6) is 5.75 Å². The molecule has 0 unspecified atom stereocenters. The van der Waals surface area contributed by atoms with Gasteiger partial charge in [0.05, 0.1) is 23.2 Å². The predicted octanol–water partition coefficient (Wildman–Crippen LogP) is 2.28. The molecule has 10 nitrogen and oxygen atoms in total. The molecule has 0 aliphatic heterocycles. The number of carbonyl (C=O) groups is 1. The van der Waals surface area contributed by atoms with Gasteiger partial charge in [-0.15, -0.1) is 0 Å². The number of amides is 1. The number of benzene rings is 2. The van der Waals surface area contributed by atoms with Crippen molar-refractivity contribution in [1.29, 1.82) is 0 Å². The number of rotatable bonds is 6. The number of nitro groups is 2. The van der Waals surface area contributed by atoms with E-state index in [0.29, 0.717) is 5.56 Å². The molecule has 2 rings (SSSR count). The second kappa shape index (κ2) is 7.64. The molecule has 128 valence electrons. The number of hydrazone groups is 1. The standard InChI is InChI=1S/C15H12N4O6/c1-25-14-7-6-10(8-13(14)19(23)24)9-16-17-15(20)11-4-2-3-5-12(11)18(21)22/h2-9H,1H3,(H,17,20)/b16-9-. The molecule has 0 spiro atoms. The summed E-state index contributed by atoms with van der Waals surface area (Å²) in [6.45, 7) is 0. The van der Waals surface area contributed by atoms with Gasteiger partial charge in [0.2, 0.25) is 0 Å². The Morgan fingerprint density at radius 1 is 1.12 bits per heavy atom. The van der Waals surface area contributed by atoms with Crippen LogP contribution in [-0.4, -0.2) is 29.1 Å². The summed E-state index contributed by atoms with van der Waals surface area (Å²) in [6, 6.07) is 9.54. The average molecular weight is 344 g/mol. The van der Waals surface area contributed by atoms with E-state index in [1.165, 1.54) is 55.8 Å². The van der Waals surface area contributed by atoms with Crippen molar-refractivity contribution in [2.75, 3.05) is 7.11 Å². The number of para-hydroxylation sites is 1. The third kappa shape index (κ3) is 4.13. The first-order valence-electron chi connectivity index (χ1n) is 6.83. The Balaban J connectivity index is 2.16.